The van der Waals surface area contributed by atoms with E-state index in [9.17, 15) is 22.0 Å². The lowest BCUT2D eigenvalue weighted by Gasteiger charge is -2.19. The molecule has 17 heavy (non-hydrogen) atoms. The highest BCUT2D eigenvalue weighted by Crippen LogP contribution is 2.37. The van der Waals surface area contributed by atoms with Gasteiger partial charge in [0.1, 0.15) is 11.8 Å². The van der Waals surface area contributed by atoms with Crippen LogP contribution in [-0.2, 0) is 0 Å². The van der Waals surface area contributed by atoms with E-state index in [-0.39, 0.29) is 5.02 Å². The van der Waals surface area contributed by atoms with E-state index in [1.165, 1.54) is 0 Å². The Kier molecular flexibility index (Phi) is 4.16. The molecule has 0 amide bonds. The Bertz CT molecular complexity index is 395. The van der Waals surface area contributed by atoms with E-state index in [1.807, 2.05) is 0 Å². The van der Waals surface area contributed by atoms with Crippen LogP contribution in [0.5, 0.6) is 5.75 Å². The first kappa shape index (κ1) is 14.0. The Hall–Kier alpha value is -1.08. The summed E-state index contributed by atoms with van der Waals surface area (Å²) >= 11 is 5.48. The van der Waals surface area contributed by atoms with E-state index in [4.69, 9.17) is 17.3 Å². The predicted octanol–water partition coefficient (Wildman–Crippen LogP) is 3.50. The summed E-state index contributed by atoms with van der Waals surface area (Å²) in [5, 5.41) is -0.0543. The van der Waals surface area contributed by atoms with Crippen LogP contribution in [-0.4, -0.2) is 12.8 Å². The van der Waals surface area contributed by atoms with Crippen molar-refractivity contribution in [1.29, 1.82) is 0 Å². The molecule has 0 heterocycles. The van der Waals surface area contributed by atoms with Gasteiger partial charge >= 0.3 is 12.8 Å². The normalized spacial score (nSPS) is 13.9. The van der Waals surface area contributed by atoms with Gasteiger partial charge in [0.05, 0.1) is 0 Å². The van der Waals surface area contributed by atoms with Gasteiger partial charge in [-0.15, -0.1) is 0 Å². The number of benzene rings is 1. The highest BCUT2D eigenvalue weighted by Gasteiger charge is 2.39. The maximum atomic E-state index is 12.4. The van der Waals surface area contributed by atoms with Crippen molar-refractivity contribution in [3.8, 4) is 5.75 Å². The number of alkyl halides is 5. The van der Waals surface area contributed by atoms with Gasteiger partial charge in [-0.2, -0.15) is 22.0 Å². The standard InChI is InChI=1S/C9H7ClF5NO/c10-4-1-2-6(17-8(11)12)5(3-4)7(16)9(13,14)15/h1-3,7-8H,16H2. The van der Waals surface area contributed by atoms with E-state index in [1.54, 1.807) is 0 Å². The van der Waals surface area contributed by atoms with E-state index in [2.05, 4.69) is 4.74 Å². The number of hydrogen-bond acceptors (Lipinski definition) is 2. The summed E-state index contributed by atoms with van der Waals surface area (Å²) in [7, 11) is 0. The average Bonchev–Trinajstić information content (AvgIpc) is 2.17. The fourth-order valence-electron chi connectivity index (χ4n) is 1.14. The molecular formula is C9H7ClF5NO. The molecule has 1 rings (SSSR count). The minimum atomic E-state index is -4.77. The predicted molar refractivity (Wildman–Crippen MR) is 51.1 cm³/mol. The van der Waals surface area contributed by atoms with Crippen molar-refractivity contribution in [2.75, 3.05) is 0 Å². The van der Waals surface area contributed by atoms with Gasteiger partial charge in [-0.25, -0.2) is 0 Å². The van der Waals surface area contributed by atoms with Gasteiger partial charge in [0.15, 0.2) is 0 Å². The van der Waals surface area contributed by atoms with Crippen molar-refractivity contribution >= 4 is 11.6 Å². The lowest BCUT2D eigenvalue weighted by molar-refractivity contribution is -0.150. The number of rotatable bonds is 3. The van der Waals surface area contributed by atoms with Crippen LogP contribution in [0, 0.1) is 0 Å². The summed E-state index contributed by atoms with van der Waals surface area (Å²) in [5.41, 5.74) is 4.27. The minimum Gasteiger partial charge on any atom is -0.434 e. The summed E-state index contributed by atoms with van der Waals surface area (Å²) in [4.78, 5) is 0. The van der Waals surface area contributed by atoms with E-state index >= 15 is 0 Å². The van der Waals surface area contributed by atoms with Gasteiger partial charge in [-0.1, -0.05) is 11.6 Å². The Balaban J connectivity index is 3.15. The molecule has 0 saturated carbocycles. The highest BCUT2D eigenvalue weighted by atomic mass is 35.5. The molecule has 1 aromatic rings. The highest BCUT2D eigenvalue weighted by molar-refractivity contribution is 6.30. The lowest BCUT2D eigenvalue weighted by Crippen LogP contribution is -2.29. The van der Waals surface area contributed by atoms with Crippen LogP contribution in [0.2, 0.25) is 5.02 Å². The Morgan fingerprint density at radius 3 is 2.29 bits per heavy atom. The van der Waals surface area contributed by atoms with Gasteiger partial charge in [-0.3, -0.25) is 0 Å². The third-order valence-corrected chi connectivity index (χ3v) is 2.11. The summed E-state index contributed by atoms with van der Waals surface area (Å²) in [6.45, 7) is -3.24. The quantitative estimate of drug-likeness (QED) is 0.857. The molecule has 0 fully saturated rings. The first-order valence-corrected chi connectivity index (χ1v) is 4.66. The van der Waals surface area contributed by atoms with Crippen molar-refractivity contribution < 1.29 is 26.7 Å². The number of nitrogens with two attached hydrogens (primary N) is 1. The zero-order valence-corrected chi connectivity index (χ0v) is 8.90. The second kappa shape index (κ2) is 5.05. The molecule has 0 aliphatic heterocycles. The van der Waals surface area contributed by atoms with Crippen LogP contribution in [0.4, 0.5) is 22.0 Å². The molecule has 0 aromatic heterocycles. The number of ether oxygens (including phenoxy) is 1. The van der Waals surface area contributed by atoms with Crippen molar-refractivity contribution in [2.24, 2.45) is 5.73 Å². The topological polar surface area (TPSA) is 35.2 Å². The van der Waals surface area contributed by atoms with E-state index in [0.717, 1.165) is 18.2 Å². The fourth-order valence-corrected chi connectivity index (χ4v) is 1.32. The van der Waals surface area contributed by atoms with Gasteiger partial charge in [0, 0.05) is 10.6 Å². The molecule has 0 aliphatic rings. The smallest absolute Gasteiger partial charge is 0.407 e. The molecule has 0 radical (unpaired) electrons. The van der Waals surface area contributed by atoms with E-state index in [0.29, 0.717) is 0 Å². The maximum Gasteiger partial charge on any atom is 0.407 e. The monoisotopic (exact) mass is 275 g/mol. The summed E-state index contributed by atoms with van der Waals surface area (Å²) in [5.74, 6) is -0.644. The second-order valence-electron chi connectivity index (χ2n) is 3.08. The molecule has 1 aromatic carbocycles. The van der Waals surface area contributed by atoms with Crippen molar-refractivity contribution in [2.45, 2.75) is 18.8 Å². The zero-order chi connectivity index (χ0) is 13.2. The Morgan fingerprint density at radius 1 is 1.24 bits per heavy atom. The third kappa shape index (κ3) is 3.71. The second-order valence-corrected chi connectivity index (χ2v) is 3.52. The molecule has 0 spiro atoms. The van der Waals surface area contributed by atoms with Crippen molar-refractivity contribution in [3.63, 3.8) is 0 Å². The average molecular weight is 276 g/mol. The number of halogens is 6. The van der Waals surface area contributed by atoms with E-state index < -0.39 is 30.1 Å². The first-order chi connectivity index (χ1) is 7.71. The first-order valence-electron chi connectivity index (χ1n) is 4.28. The summed E-state index contributed by atoms with van der Waals surface area (Å²) in [6.07, 6.45) is -4.77. The third-order valence-electron chi connectivity index (χ3n) is 1.88. The van der Waals surface area contributed by atoms with Crippen LogP contribution in [0.25, 0.3) is 0 Å². The molecule has 0 aliphatic carbocycles. The zero-order valence-electron chi connectivity index (χ0n) is 8.14. The minimum absolute atomic E-state index is 0.0543. The van der Waals surface area contributed by atoms with Crippen LogP contribution >= 0.6 is 11.6 Å². The van der Waals surface area contributed by atoms with Crippen molar-refractivity contribution in [3.05, 3.63) is 28.8 Å². The maximum absolute atomic E-state index is 12.4. The molecule has 1 atom stereocenters. The molecule has 1 unspecified atom stereocenters. The van der Waals surface area contributed by atoms with Crippen LogP contribution < -0.4 is 10.5 Å². The molecule has 2 N–H and O–H groups in total. The Morgan fingerprint density at radius 2 is 1.82 bits per heavy atom. The van der Waals surface area contributed by atoms with Gasteiger partial charge in [0.2, 0.25) is 0 Å². The fraction of sp³-hybridized carbons (Fsp3) is 0.333. The molecule has 8 heteroatoms. The largest absolute Gasteiger partial charge is 0.434 e. The molecule has 2 nitrogen and oxygen atoms in total. The Labute approximate surface area is 98.1 Å². The molecule has 0 saturated heterocycles. The summed E-state index contributed by atoms with van der Waals surface area (Å²) < 4.78 is 65.0. The van der Waals surface area contributed by atoms with Crippen LogP contribution in [0.3, 0.4) is 0 Å². The van der Waals surface area contributed by atoms with Crippen LogP contribution in [0.1, 0.15) is 11.6 Å². The molecular weight excluding hydrogens is 269 g/mol. The van der Waals surface area contributed by atoms with Gasteiger partial charge in [-0.05, 0) is 18.2 Å². The summed E-state index contributed by atoms with van der Waals surface area (Å²) in [6, 6.07) is 0.452. The molecule has 96 valence electrons. The lowest BCUT2D eigenvalue weighted by atomic mass is 10.1. The van der Waals surface area contributed by atoms with Crippen molar-refractivity contribution in [1.82, 2.24) is 0 Å². The van der Waals surface area contributed by atoms with Crippen LogP contribution in [0.15, 0.2) is 18.2 Å². The van der Waals surface area contributed by atoms with Gasteiger partial charge < -0.3 is 10.5 Å². The number of hydrogen-bond donors (Lipinski definition) is 1. The SMILES string of the molecule is NC(c1cc(Cl)ccc1OC(F)F)C(F)(F)F. The molecule has 0 bridgehead atoms. The van der Waals surface area contributed by atoms with Gasteiger partial charge in [0.25, 0.3) is 0 Å².